The summed E-state index contributed by atoms with van der Waals surface area (Å²) in [6, 6.07) is 32.5. The minimum Gasteiger partial charge on any atom is -0.393 e. The summed E-state index contributed by atoms with van der Waals surface area (Å²) in [6.07, 6.45) is 4.54. The first kappa shape index (κ1) is 32.7. The number of anilines is 1. The number of carbonyl (C=O) groups is 1. The third-order valence-corrected chi connectivity index (χ3v) is 11.3. The van der Waals surface area contributed by atoms with Crippen molar-refractivity contribution in [3.63, 3.8) is 0 Å². The summed E-state index contributed by atoms with van der Waals surface area (Å²) in [5.41, 5.74) is 7.05. The molecular weight excluding hydrogens is 633 g/mol. The van der Waals surface area contributed by atoms with Gasteiger partial charge in [-0.05, 0) is 78.9 Å². The van der Waals surface area contributed by atoms with E-state index in [1.807, 2.05) is 80.0 Å². The van der Waals surface area contributed by atoms with Gasteiger partial charge in [-0.2, -0.15) is 0 Å². The van der Waals surface area contributed by atoms with Crippen LogP contribution in [0.5, 0.6) is 0 Å². The first-order valence-electron chi connectivity index (χ1n) is 16.8. The molecule has 6 aromatic rings. The largest absolute Gasteiger partial charge is 0.393 e. The Bertz CT molecular complexity index is 2190. The van der Waals surface area contributed by atoms with Crippen LogP contribution >= 0.6 is 0 Å². The van der Waals surface area contributed by atoms with Gasteiger partial charge in [0.05, 0.1) is 16.8 Å². The molecule has 1 fully saturated rings. The first-order chi connectivity index (χ1) is 23.8. The van der Waals surface area contributed by atoms with Gasteiger partial charge in [-0.1, -0.05) is 66.7 Å². The number of aliphatic hydroxyl groups is 1. The van der Waals surface area contributed by atoms with Gasteiger partial charge in [-0.15, -0.1) is 0 Å². The number of benzene rings is 4. The number of sulfone groups is 1. The molecule has 0 atom stereocenters. The van der Waals surface area contributed by atoms with Crippen molar-refractivity contribution in [2.24, 2.45) is 0 Å². The fourth-order valence-electron chi connectivity index (χ4n) is 6.82. The van der Waals surface area contributed by atoms with Crippen LogP contribution in [0, 0.1) is 0 Å². The number of hydrogen-bond acceptors (Lipinski definition) is 6. The maximum absolute atomic E-state index is 13.3. The van der Waals surface area contributed by atoms with Crippen LogP contribution in [0.3, 0.4) is 0 Å². The van der Waals surface area contributed by atoms with E-state index in [0.717, 1.165) is 88.8 Å². The number of nitrogens with one attached hydrogen (secondary N) is 1. The highest BCUT2D eigenvalue weighted by Crippen LogP contribution is 2.41. The molecule has 49 heavy (non-hydrogen) atoms. The van der Waals surface area contributed by atoms with E-state index < -0.39 is 9.84 Å². The molecule has 250 valence electrons. The second-order valence-corrected chi connectivity index (χ2v) is 14.9. The second kappa shape index (κ2) is 14.0. The Morgan fingerprint density at radius 3 is 2.33 bits per heavy atom. The highest BCUT2D eigenvalue weighted by molar-refractivity contribution is 7.90. The van der Waals surface area contributed by atoms with Crippen molar-refractivity contribution in [3.8, 4) is 22.3 Å². The third kappa shape index (κ3) is 7.01. The molecule has 3 heterocycles. The second-order valence-electron chi connectivity index (χ2n) is 12.9. The van der Waals surface area contributed by atoms with E-state index in [0.29, 0.717) is 16.9 Å². The number of hydrogen-bond donors (Lipinski definition) is 2. The minimum atomic E-state index is -3.53. The molecule has 1 aliphatic rings. The lowest BCUT2D eigenvalue weighted by atomic mass is 9.92. The van der Waals surface area contributed by atoms with E-state index in [1.54, 1.807) is 29.2 Å². The van der Waals surface area contributed by atoms with Crippen molar-refractivity contribution in [1.82, 2.24) is 14.9 Å². The fraction of sp³-hybridized carbons (Fsp3) is 0.250. The highest BCUT2D eigenvalue weighted by Gasteiger charge is 2.21. The predicted octanol–water partition coefficient (Wildman–Crippen LogP) is 7.22. The van der Waals surface area contributed by atoms with E-state index in [2.05, 4.69) is 22.0 Å². The van der Waals surface area contributed by atoms with Gasteiger partial charge in [0.1, 0.15) is 5.65 Å². The molecule has 0 aliphatic carbocycles. The lowest BCUT2D eigenvalue weighted by Gasteiger charge is -2.29. The van der Waals surface area contributed by atoms with E-state index in [-0.39, 0.29) is 17.8 Å². The van der Waals surface area contributed by atoms with Gasteiger partial charge >= 0.3 is 0 Å². The average Bonchev–Trinajstić information content (AvgIpc) is 3.50. The van der Waals surface area contributed by atoms with Crippen molar-refractivity contribution in [2.45, 2.75) is 42.4 Å². The van der Waals surface area contributed by atoms with E-state index in [4.69, 9.17) is 4.98 Å². The number of H-pyrrole nitrogens is 1. The molecular formula is C40H40N4O4S. The number of fused-ring (bicyclic) bond motifs is 3. The lowest BCUT2D eigenvalue weighted by Crippen LogP contribution is -2.37. The van der Waals surface area contributed by atoms with Crippen LogP contribution in [-0.4, -0.2) is 67.1 Å². The Kier molecular flexibility index (Phi) is 9.31. The highest BCUT2D eigenvalue weighted by atomic mass is 32.2. The van der Waals surface area contributed by atoms with Crippen molar-refractivity contribution in [3.05, 3.63) is 115 Å². The number of likely N-dealkylation sites (tertiary alicyclic amines) is 1. The number of aromatic amines is 1. The molecule has 1 aliphatic heterocycles. The average molecular weight is 673 g/mol. The standard InChI is InChI=1S/C40H40N4O4S/c1-43(37(46)13-8-22-44-23-20-32(45)21-24-44)31-17-15-29(16-18-31)35-26-41-40-39(38(35)30-9-4-2-5-10-30)34-25-28(14-19-36(34)42-40)27-49(47,48)33-11-6-3-7-12-33/h2-7,9-12,14-19,25-26,32,45H,8,13,20-24,27H2,1H3,(H,41,42). The molecule has 8 nitrogen and oxygen atoms in total. The van der Waals surface area contributed by atoms with Crippen LogP contribution in [0.2, 0.25) is 0 Å². The molecule has 9 heteroatoms. The van der Waals surface area contributed by atoms with Gasteiger partial charge < -0.3 is 19.9 Å². The summed E-state index contributed by atoms with van der Waals surface area (Å²) < 4.78 is 26.5. The summed E-state index contributed by atoms with van der Waals surface area (Å²) in [4.78, 5) is 25.7. The number of aromatic nitrogens is 2. The molecule has 4 aromatic carbocycles. The van der Waals surface area contributed by atoms with Crippen molar-refractivity contribution < 1.29 is 18.3 Å². The van der Waals surface area contributed by atoms with Crippen LogP contribution < -0.4 is 4.90 Å². The van der Waals surface area contributed by atoms with Gasteiger partial charge in [0.15, 0.2) is 9.84 Å². The molecule has 0 radical (unpaired) electrons. The summed E-state index contributed by atoms with van der Waals surface area (Å²) in [5.74, 6) is -0.0366. The Balaban J connectivity index is 1.19. The Morgan fingerprint density at radius 1 is 0.918 bits per heavy atom. The Hall–Kier alpha value is -4.83. The molecule has 1 saturated heterocycles. The zero-order chi connectivity index (χ0) is 34.0. The van der Waals surface area contributed by atoms with Gasteiger partial charge in [0.25, 0.3) is 0 Å². The molecule has 2 N–H and O–H groups in total. The Morgan fingerprint density at radius 2 is 1.61 bits per heavy atom. The maximum atomic E-state index is 13.3. The third-order valence-electron chi connectivity index (χ3n) is 9.57. The maximum Gasteiger partial charge on any atom is 0.226 e. The van der Waals surface area contributed by atoms with Crippen molar-refractivity contribution >= 4 is 43.4 Å². The zero-order valence-corrected chi connectivity index (χ0v) is 28.4. The smallest absolute Gasteiger partial charge is 0.226 e. The number of rotatable bonds is 10. The zero-order valence-electron chi connectivity index (χ0n) is 27.5. The van der Waals surface area contributed by atoms with Gasteiger partial charge in [-0.25, -0.2) is 13.4 Å². The Labute approximate surface area is 287 Å². The number of piperidine rings is 1. The fourth-order valence-corrected chi connectivity index (χ4v) is 8.18. The van der Waals surface area contributed by atoms with Crippen LogP contribution in [0.4, 0.5) is 5.69 Å². The van der Waals surface area contributed by atoms with Crippen LogP contribution in [0.1, 0.15) is 31.2 Å². The molecule has 0 saturated carbocycles. The number of carbonyl (C=O) groups excluding carboxylic acids is 1. The summed E-state index contributed by atoms with van der Waals surface area (Å²) in [5, 5.41) is 11.6. The molecule has 0 spiro atoms. The van der Waals surface area contributed by atoms with Gasteiger partial charge in [-0.3, -0.25) is 4.79 Å². The van der Waals surface area contributed by atoms with Crippen LogP contribution in [0.15, 0.2) is 114 Å². The van der Waals surface area contributed by atoms with Crippen molar-refractivity contribution in [1.29, 1.82) is 0 Å². The number of aliphatic hydroxyl groups excluding tert-OH is 1. The molecule has 0 unspecified atom stereocenters. The number of amides is 1. The van der Waals surface area contributed by atoms with Gasteiger partial charge in [0.2, 0.25) is 5.91 Å². The summed E-state index contributed by atoms with van der Waals surface area (Å²) in [7, 11) is -1.71. The monoisotopic (exact) mass is 672 g/mol. The van der Waals surface area contributed by atoms with Gasteiger partial charge in [0, 0.05) is 65.9 Å². The van der Waals surface area contributed by atoms with Crippen molar-refractivity contribution in [2.75, 3.05) is 31.6 Å². The molecule has 7 rings (SSSR count). The van der Waals surface area contributed by atoms with Crippen LogP contribution in [0.25, 0.3) is 44.2 Å². The minimum absolute atomic E-state index is 0.0710. The van der Waals surface area contributed by atoms with E-state index in [9.17, 15) is 18.3 Å². The van der Waals surface area contributed by atoms with E-state index >= 15 is 0 Å². The quantitative estimate of drug-likeness (QED) is 0.159. The number of nitrogens with zero attached hydrogens (tertiary/aromatic N) is 3. The topological polar surface area (TPSA) is 107 Å². The SMILES string of the molecule is CN(C(=O)CCCN1CCC(O)CC1)c1ccc(-c2cnc3[nH]c4ccc(CS(=O)(=O)c5ccccc5)cc4c3c2-c2ccccc2)cc1. The molecule has 0 bridgehead atoms. The van der Waals surface area contributed by atoms with E-state index in [1.165, 1.54) is 0 Å². The van der Waals surface area contributed by atoms with Crippen LogP contribution in [-0.2, 0) is 20.4 Å². The normalized spacial score (nSPS) is 14.4. The predicted molar refractivity (Wildman–Crippen MR) is 196 cm³/mol. The molecule has 1 amide bonds. The summed E-state index contributed by atoms with van der Waals surface area (Å²) >= 11 is 0. The first-order valence-corrected chi connectivity index (χ1v) is 18.5. The number of pyridine rings is 1. The lowest BCUT2D eigenvalue weighted by molar-refractivity contribution is -0.118. The molecule has 2 aromatic heterocycles. The summed E-state index contributed by atoms with van der Waals surface area (Å²) in [6.45, 7) is 2.63.